The number of hydrogen-bond donors (Lipinski definition) is 1. The number of aryl methyl sites for hydroxylation is 1. The SMILES string of the molecule is CCOC(=O)c1sc2c(c1C)c(=O)n(C(C)(C)C(=O)O)c(=O)n2C[C@@H](OC(C)C)c1ccc(I)cc1. The monoisotopic (exact) mass is 628 g/mol. The number of esters is 1. The first-order valence-corrected chi connectivity index (χ1v) is 13.3. The number of carboxylic acids is 1. The number of carbonyl (C=O) groups excluding carboxylic acids is 1. The molecule has 1 aromatic carbocycles. The van der Waals surface area contributed by atoms with Gasteiger partial charge >= 0.3 is 17.6 Å². The van der Waals surface area contributed by atoms with Gasteiger partial charge < -0.3 is 14.6 Å². The second-order valence-corrected chi connectivity index (χ2v) is 11.3. The van der Waals surface area contributed by atoms with Gasteiger partial charge in [-0.2, -0.15) is 0 Å². The molecule has 1 atom stereocenters. The first kappa shape index (κ1) is 28.1. The highest BCUT2D eigenvalue weighted by molar-refractivity contribution is 14.1. The quantitative estimate of drug-likeness (QED) is 0.278. The number of thiophene rings is 1. The molecule has 0 aliphatic rings. The predicted octanol–water partition coefficient (Wildman–Crippen LogP) is 4.30. The van der Waals surface area contributed by atoms with Crippen molar-refractivity contribution in [2.24, 2.45) is 0 Å². The Labute approximate surface area is 225 Å². The minimum atomic E-state index is -1.83. The van der Waals surface area contributed by atoms with Crippen LogP contribution in [0.15, 0.2) is 33.9 Å². The van der Waals surface area contributed by atoms with Crippen molar-refractivity contribution in [3.63, 3.8) is 0 Å². The smallest absolute Gasteiger partial charge is 0.348 e. The van der Waals surface area contributed by atoms with Gasteiger partial charge in [-0.3, -0.25) is 9.36 Å². The summed E-state index contributed by atoms with van der Waals surface area (Å²) < 4.78 is 14.4. The number of nitrogens with zero attached hydrogens (tertiary/aromatic N) is 2. The molecule has 0 fully saturated rings. The second-order valence-electron chi connectivity index (χ2n) is 9.08. The van der Waals surface area contributed by atoms with E-state index in [1.54, 1.807) is 13.8 Å². The Morgan fingerprint density at radius 3 is 2.31 bits per heavy atom. The third-order valence-electron chi connectivity index (χ3n) is 5.78. The van der Waals surface area contributed by atoms with Crippen molar-refractivity contribution >= 4 is 56.1 Å². The van der Waals surface area contributed by atoms with Gasteiger partial charge in [0.15, 0.2) is 0 Å². The fourth-order valence-electron chi connectivity index (χ4n) is 3.89. The van der Waals surface area contributed by atoms with Crippen LogP contribution in [0, 0.1) is 10.5 Å². The lowest BCUT2D eigenvalue weighted by atomic mass is 10.1. The van der Waals surface area contributed by atoms with Gasteiger partial charge in [-0.25, -0.2) is 19.0 Å². The van der Waals surface area contributed by atoms with E-state index >= 15 is 0 Å². The van der Waals surface area contributed by atoms with Gasteiger partial charge in [0.1, 0.15) is 21.4 Å². The van der Waals surface area contributed by atoms with E-state index in [-0.39, 0.29) is 34.3 Å². The van der Waals surface area contributed by atoms with Crippen molar-refractivity contribution in [3.05, 3.63) is 64.7 Å². The number of rotatable bonds is 9. The number of benzene rings is 1. The lowest BCUT2D eigenvalue weighted by molar-refractivity contribution is -0.146. The Morgan fingerprint density at radius 2 is 1.78 bits per heavy atom. The molecule has 0 aliphatic carbocycles. The molecule has 0 saturated heterocycles. The molecule has 0 aliphatic heterocycles. The number of aliphatic carboxylic acids is 1. The van der Waals surface area contributed by atoms with E-state index in [1.807, 2.05) is 38.1 Å². The fourth-order valence-corrected chi connectivity index (χ4v) is 5.44. The Bertz CT molecular complexity index is 1420. The van der Waals surface area contributed by atoms with Crippen LogP contribution >= 0.6 is 33.9 Å². The topological polar surface area (TPSA) is 117 Å². The average molecular weight is 628 g/mol. The highest BCUT2D eigenvalue weighted by atomic mass is 127. The number of hydrogen-bond acceptors (Lipinski definition) is 7. The van der Waals surface area contributed by atoms with Gasteiger partial charge in [-0.15, -0.1) is 11.3 Å². The summed E-state index contributed by atoms with van der Waals surface area (Å²) in [5.41, 5.74) is -2.23. The van der Waals surface area contributed by atoms with Crippen molar-refractivity contribution < 1.29 is 24.2 Å². The molecule has 11 heteroatoms. The summed E-state index contributed by atoms with van der Waals surface area (Å²) in [4.78, 5) is 52.5. The molecular weight excluding hydrogens is 599 g/mol. The van der Waals surface area contributed by atoms with E-state index in [2.05, 4.69) is 22.6 Å². The van der Waals surface area contributed by atoms with Gasteiger partial charge in [-0.05, 0) is 87.4 Å². The van der Waals surface area contributed by atoms with Gasteiger partial charge in [0.25, 0.3) is 5.56 Å². The van der Waals surface area contributed by atoms with E-state index in [0.29, 0.717) is 5.56 Å². The predicted molar refractivity (Wildman–Crippen MR) is 146 cm³/mol. The van der Waals surface area contributed by atoms with Crippen molar-refractivity contribution in [2.75, 3.05) is 6.61 Å². The average Bonchev–Trinajstić information content (AvgIpc) is 3.13. The summed E-state index contributed by atoms with van der Waals surface area (Å²) in [7, 11) is 0. The van der Waals surface area contributed by atoms with Crippen LogP contribution < -0.4 is 11.2 Å². The number of aromatic nitrogens is 2. The molecule has 0 saturated carbocycles. The molecule has 36 heavy (non-hydrogen) atoms. The lowest BCUT2D eigenvalue weighted by Gasteiger charge is -2.26. The van der Waals surface area contributed by atoms with Gasteiger partial charge in [0.2, 0.25) is 0 Å². The van der Waals surface area contributed by atoms with Crippen LogP contribution in [0.3, 0.4) is 0 Å². The number of carboxylic acid groups (broad SMARTS) is 1. The minimum Gasteiger partial charge on any atom is -0.480 e. The van der Waals surface area contributed by atoms with Crippen molar-refractivity contribution in [1.82, 2.24) is 9.13 Å². The maximum absolute atomic E-state index is 13.8. The van der Waals surface area contributed by atoms with Crippen LogP contribution in [-0.4, -0.2) is 38.9 Å². The van der Waals surface area contributed by atoms with E-state index < -0.39 is 34.8 Å². The molecule has 1 N–H and O–H groups in total. The molecule has 0 radical (unpaired) electrons. The molecule has 194 valence electrons. The first-order chi connectivity index (χ1) is 16.8. The van der Waals surface area contributed by atoms with Gasteiger partial charge in [-0.1, -0.05) is 12.1 Å². The summed E-state index contributed by atoms with van der Waals surface area (Å²) in [5, 5.41) is 9.95. The van der Waals surface area contributed by atoms with E-state index in [4.69, 9.17) is 9.47 Å². The normalized spacial score (nSPS) is 12.8. The van der Waals surface area contributed by atoms with Crippen molar-refractivity contribution in [2.45, 2.75) is 65.8 Å². The fraction of sp³-hybridized carbons (Fsp3) is 0.440. The van der Waals surface area contributed by atoms with Crippen LogP contribution in [0.5, 0.6) is 0 Å². The third kappa shape index (κ3) is 5.28. The van der Waals surface area contributed by atoms with Crippen LogP contribution in [-0.2, 0) is 26.4 Å². The zero-order valence-electron chi connectivity index (χ0n) is 21.0. The van der Waals surface area contributed by atoms with Gasteiger partial charge in [0.05, 0.1) is 24.6 Å². The number of halogens is 1. The van der Waals surface area contributed by atoms with Crippen LogP contribution in [0.25, 0.3) is 10.2 Å². The van der Waals surface area contributed by atoms with Crippen molar-refractivity contribution in [3.8, 4) is 0 Å². The van der Waals surface area contributed by atoms with E-state index in [0.717, 1.165) is 25.0 Å². The third-order valence-corrected chi connectivity index (χ3v) is 7.80. The summed E-state index contributed by atoms with van der Waals surface area (Å²) in [5.74, 6) is -1.94. The maximum atomic E-state index is 13.8. The summed E-state index contributed by atoms with van der Waals surface area (Å²) in [6.45, 7) is 9.77. The lowest BCUT2D eigenvalue weighted by Crippen LogP contribution is -2.52. The number of fused-ring (bicyclic) bond motifs is 1. The summed E-state index contributed by atoms with van der Waals surface area (Å²) in [6, 6.07) is 7.65. The molecule has 9 nitrogen and oxygen atoms in total. The number of ether oxygens (including phenoxy) is 2. The van der Waals surface area contributed by atoms with Crippen LogP contribution in [0.2, 0.25) is 0 Å². The molecule has 0 bridgehead atoms. The molecule has 3 rings (SSSR count). The minimum absolute atomic E-state index is 0.00625. The van der Waals surface area contributed by atoms with Gasteiger partial charge in [0, 0.05) is 3.57 Å². The van der Waals surface area contributed by atoms with Crippen LogP contribution in [0.1, 0.15) is 61.5 Å². The molecule has 0 amide bonds. The highest BCUT2D eigenvalue weighted by Crippen LogP contribution is 2.31. The Balaban J connectivity index is 2.37. The molecule has 3 aromatic rings. The zero-order chi connectivity index (χ0) is 26.9. The van der Waals surface area contributed by atoms with Crippen molar-refractivity contribution in [1.29, 1.82) is 0 Å². The first-order valence-electron chi connectivity index (χ1n) is 11.4. The Morgan fingerprint density at radius 1 is 1.17 bits per heavy atom. The maximum Gasteiger partial charge on any atom is 0.348 e. The molecule has 2 heterocycles. The largest absolute Gasteiger partial charge is 0.480 e. The Hall–Kier alpha value is -2.51. The summed E-state index contributed by atoms with van der Waals surface area (Å²) in [6.07, 6.45) is -0.753. The van der Waals surface area contributed by atoms with E-state index in [1.165, 1.54) is 18.4 Å². The molecular formula is C25H29IN2O7S. The number of carbonyl (C=O) groups is 2. The molecule has 2 aromatic heterocycles. The van der Waals surface area contributed by atoms with Crippen LogP contribution in [0.4, 0.5) is 0 Å². The molecule has 0 spiro atoms. The zero-order valence-corrected chi connectivity index (χ0v) is 23.9. The highest BCUT2D eigenvalue weighted by Gasteiger charge is 2.36. The Kier molecular flexibility index (Phi) is 8.46. The molecule has 0 unspecified atom stereocenters. The summed E-state index contributed by atoms with van der Waals surface area (Å²) >= 11 is 3.18. The second kappa shape index (κ2) is 10.9. The van der Waals surface area contributed by atoms with E-state index in [9.17, 15) is 24.3 Å². The standard InChI is InChI=1S/C25H29IN2O7S/c1-7-34-22(30)19-14(4)18-20(29)28(25(5,6)23(31)32)24(33)27(21(18)36-19)12-17(35-13(2)3)15-8-10-16(26)11-9-15/h8-11,13,17H,7,12H2,1-6H3,(H,31,32)/t17-/m1/s1.